The van der Waals surface area contributed by atoms with Crippen LogP contribution < -0.4 is 0 Å². The number of carbonyl (C=O) groups is 1. The predicted molar refractivity (Wildman–Crippen MR) is 88.3 cm³/mol. The van der Waals surface area contributed by atoms with Crippen molar-refractivity contribution in [1.82, 2.24) is 0 Å². The molecule has 1 nitrogen and oxygen atoms in total. The van der Waals surface area contributed by atoms with Crippen molar-refractivity contribution in [2.45, 2.75) is 77.0 Å². The van der Waals surface area contributed by atoms with Crippen molar-refractivity contribution in [3.8, 4) is 0 Å². The monoisotopic (exact) mass is 300 g/mol. The van der Waals surface area contributed by atoms with E-state index in [1.54, 1.807) is 0 Å². The average Bonchev–Trinajstić information content (AvgIpc) is 2.88. The molecule has 0 saturated heterocycles. The molecule has 0 aromatic rings. The van der Waals surface area contributed by atoms with Crippen LogP contribution in [-0.2, 0) is 4.79 Å². The van der Waals surface area contributed by atoms with E-state index in [0.717, 1.165) is 41.3 Å². The number of ketones is 1. The molecule has 8 atom stereocenters. The van der Waals surface area contributed by atoms with Gasteiger partial charge in [-0.05, 0) is 80.5 Å². The molecule has 5 aliphatic rings. The minimum atomic E-state index is 0.492. The first kappa shape index (κ1) is 14.1. The molecule has 5 fully saturated rings. The number of rotatable bonds is 0. The Kier molecular flexibility index (Phi) is 3.42. The zero-order chi connectivity index (χ0) is 14.7. The van der Waals surface area contributed by atoms with E-state index in [2.05, 4.69) is 0 Å². The fourth-order valence-corrected chi connectivity index (χ4v) is 8.03. The summed E-state index contributed by atoms with van der Waals surface area (Å²) >= 11 is 0. The molecule has 5 aliphatic carbocycles. The Balaban J connectivity index is 1.43. The van der Waals surface area contributed by atoms with E-state index < -0.39 is 0 Å². The van der Waals surface area contributed by atoms with Crippen molar-refractivity contribution in [1.29, 1.82) is 0 Å². The van der Waals surface area contributed by atoms with Gasteiger partial charge in [0.1, 0.15) is 5.78 Å². The van der Waals surface area contributed by atoms with Gasteiger partial charge >= 0.3 is 0 Å². The van der Waals surface area contributed by atoms with Crippen molar-refractivity contribution in [3.05, 3.63) is 0 Å². The summed E-state index contributed by atoms with van der Waals surface area (Å²) in [6.45, 7) is 0. The maximum atomic E-state index is 13.2. The normalized spacial score (nSPS) is 54.1. The first-order valence-corrected chi connectivity index (χ1v) is 10.4. The lowest BCUT2D eigenvalue weighted by molar-refractivity contribution is -0.130. The molecule has 22 heavy (non-hydrogen) atoms. The van der Waals surface area contributed by atoms with Crippen LogP contribution >= 0.6 is 0 Å². The second-order valence-electron chi connectivity index (χ2n) is 9.34. The van der Waals surface area contributed by atoms with Crippen LogP contribution in [0.25, 0.3) is 0 Å². The summed E-state index contributed by atoms with van der Waals surface area (Å²) in [5, 5.41) is 0. The summed E-state index contributed by atoms with van der Waals surface area (Å²) in [5.74, 6) is 7.13. The molecule has 8 unspecified atom stereocenters. The fraction of sp³-hybridized carbons (Fsp3) is 0.952. The molecule has 0 N–H and O–H groups in total. The molecule has 5 saturated carbocycles. The van der Waals surface area contributed by atoms with Crippen LogP contribution in [0, 0.1) is 47.3 Å². The highest BCUT2D eigenvalue weighted by atomic mass is 16.1. The summed E-state index contributed by atoms with van der Waals surface area (Å²) in [4.78, 5) is 13.2. The first-order valence-electron chi connectivity index (χ1n) is 10.4. The lowest BCUT2D eigenvalue weighted by atomic mass is 9.53. The van der Waals surface area contributed by atoms with E-state index in [-0.39, 0.29) is 0 Å². The van der Waals surface area contributed by atoms with Crippen LogP contribution in [-0.4, -0.2) is 5.78 Å². The van der Waals surface area contributed by atoms with Gasteiger partial charge in [0.25, 0.3) is 0 Å². The summed E-state index contributed by atoms with van der Waals surface area (Å²) < 4.78 is 0. The van der Waals surface area contributed by atoms with E-state index in [1.807, 2.05) is 0 Å². The molecule has 0 amide bonds. The van der Waals surface area contributed by atoms with Crippen molar-refractivity contribution >= 4 is 5.78 Å². The van der Waals surface area contributed by atoms with Gasteiger partial charge in [-0.2, -0.15) is 0 Å². The molecular formula is C21H32O. The summed E-state index contributed by atoms with van der Waals surface area (Å²) in [6.07, 6.45) is 17.0. The first-order chi connectivity index (χ1) is 10.8. The van der Waals surface area contributed by atoms with Gasteiger partial charge in [0, 0.05) is 11.8 Å². The van der Waals surface area contributed by atoms with E-state index in [9.17, 15) is 4.79 Å². The Hall–Kier alpha value is -0.330. The molecule has 122 valence electrons. The molecule has 0 aromatic carbocycles. The Bertz CT molecular complexity index is 455. The molecule has 0 spiro atoms. The highest BCUT2D eigenvalue weighted by Gasteiger charge is 2.57. The summed E-state index contributed by atoms with van der Waals surface area (Å²) in [6, 6.07) is 0. The van der Waals surface area contributed by atoms with Crippen LogP contribution in [0.3, 0.4) is 0 Å². The average molecular weight is 300 g/mol. The standard InChI is InChI=1S/C21H32O/c22-21-19-8-4-3-7-15(19)18-12-11-16-14-6-2-1-5-13(14)9-10-17(16)20(18)21/h13-20H,1-12H2. The second-order valence-corrected chi connectivity index (χ2v) is 9.34. The number of Topliss-reactive ketones (excluding diaryl/α,β-unsaturated/α-hetero) is 1. The quantitative estimate of drug-likeness (QED) is 0.598. The van der Waals surface area contributed by atoms with E-state index in [4.69, 9.17) is 0 Å². The maximum Gasteiger partial charge on any atom is 0.139 e. The van der Waals surface area contributed by atoms with Crippen LogP contribution in [0.4, 0.5) is 0 Å². The lowest BCUT2D eigenvalue weighted by Crippen LogP contribution is -2.45. The van der Waals surface area contributed by atoms with E-state index in [1.165, 1.54) is 77.0 Å². The Morgan fingerprint density at radius 1 is 0.545 bits per heavy atom. The van der Waals surface area contributed by atoms with Crippen molar-refractivity contribution < 1.29 is 4.79 Å². The minimum Gasteiger partial charge on any atom is -0.299 e. The van der Waals surface area contributed by atoms with Gasteiger partial charge in [0.15, 0.2) is 0 Å². The van der Waals surface area contributed by atoms with Gasteiger partial charge in [-0.25, -0.2) is 0 Å². The molecule has 0 bridgehead atoms. The van der Waals surface area contributed by atoms with Crippen LogP contribution in [0.2, 0.25) is 0 Å². The predicted octanol–water partition coefficient (Wildman–Crippen LogP) is 5.23. The van der Waals surface area contributed by atoms with Crippen LogP contribution in [0.1, 0.15) is 77.0 Å². The number of fused-ring (bicyclic) bond motifs is 7. The number of hydrogen-bond donors (Lipinski definition) is 0. The van der Waals surface area contributed by atoms with E-state index in [0.29, 0.717) is 11.8 Å². The van der Waals surface area contributed by atoms with Crippen LogP contribution in [0.15, 0.2) is 0 Å². The molecule has 1 heteroatoms. The Labute approximate surface area is 135 Å². The fourth-order valence-electron chi connectivity index (χ4n) is 8.03. The van der Waals surface area contributed by atoms with Gasteiger partial charge in [0.05, 0.1) is 0 Å². The zero-order valence-electron chi connectivity index (χ0n) is 14.0. The summed E-state index contributed by atoms with van der Waals surface area (Å²) in [7, 11) is 0. The highest BCUT2D eigenvalue weighted by molar-refractivity contribution is 5.87. The topological polar surface area (TPSA) is 17.1 Å². The summed E-state index contributed by atoms with van der Waals surface area (Å²) in [5.41, 5.74) is 0. The number of carbonyl (C=O) groups excluding carboxylic acids is 1. The van der Waals surface area contributed by atoms with Crippen LogP contribution in [0.5, 0.6) is 0 Å². The Morgan fingerprint density at radius 3 is 2.09 bits per heavy atom. The highest BCUT2D eigenvalue weighted by Crippen LogP contribution is 2.61. The third-order valence-electron chi connectivity index (χ3n) is 8.76. The zero-order valence-corrected chi connectivity index (χ0v) is 14.0. The van der Waals surface area contributed by atoms with Gasteiger partial charge in [-0.1, -0.05) is 32.1 Å². The van der Waals surface area contributed by atoms with Crippen molar-refractivity contribution in [2.24, 2.45) is 47.3 Å². The maximum absolute atomic E-state index is 13.2. The SMILES string of the molecule is O=C1C2CCCCC2C2CCC3C4CCCCC4CCC3C12. The minimum absolute atomic E-state index is 0.492. The third kappa shape index (κ3) is 1.93. The molecular weight excluding hydrogens is 268 g/mol. The Morgan fingerprint density at radius 2 is 1.18 bits per heavy atom. The molecule has 0 heterocycles. The van der Waals surface area contributed by atoms with E-state index >= 15 is 0 Å². The molecule has 0 aliphatic heterocycles. The molecule has 0 aromatic heterocycles. The third-order valence-corrected chi connectivity index (χ3v) is 8.76. The smallest absolute Gasteiger partial charge is 0.139 e. The van der Waals surface area contributed by atoms with Crippen molar-refractivity contribution in [3.63, 3.8) is 0 Å². The lowest BCUT2D eigenvalue weighted by Gasteiger charge is -2.51. The largest absolute Gasteiger partial charge is 0.299 e. The second kappa shape index (κ2) is 5.35. The molecule has 5 rings (SSSR count). The van der Waals surface area contributed by atoms with Gasteiger partial charge in [-0.3, -0.25) is 4.79 Å². The van der Waals surface area contributed by atoms with Gasteiger partial charge in [-0.15, -0.1) is 0 Å². The molecule has 0 radical (unpaired) electrons. The van der Waals surface area contributed by atoms with Gasteiger partial charge in [0.2, 0.25) is 0 Å². The van der Waals surface area contributed by atoms with Crippen molar-refractivity contribution in [2.75, 3.05) is 0 Å². The van der Waals surface area contributed by atoms with Gasteiger partial charge < -0.3 is 0 Å². The number of hydrogen-bond acceptors (Lipinski definition) is 1.